The molecule has 0 radical (unpaired) electrons. The van der Waals surface area contributed by atoms with Gasteiger partial charge in [0.15, 0.2) is 0 Å². The highest BCUT2D eigenvalue weighted by atomic mass is 79.9. The van der Waals surface area contributed by atoms with Crippen LogP contribution in [0.1, 0.15) is 5.56 Å². The third-order valence-corrected chi connectivity index (χ3v) is 2.58. The van der Waals surface area contributed by atoms with Crippen LogP contribution in [0.5, 0.6) is 0 Å². The third kappa shape index (κ3) is 1.53. The van der Waals surface area contributed by atoms with Crippen LogP contribution in [0, 0.1) is 11.3 Å². The minimum atomic E-state index is 0.717. The maximum Gasteiger partial charge on any atom is 0.0991 e. The van der Waals surface area contributed by atoms with Crippen LogP contribution < -0.4 is 0 Å². The van der Waals surface area contributed by atoms with Crippen molar-refractivity contribution in [2.45, 2.75) is 6.54 Å². The van der Waals surface area contributed by atoms with Crippen LogP contribution in [0.3, 0.4) is 0 Å². The van der Waals surface area contributed by atoms with Gasteiger partial charge < -0.3 is 4.57 Å². The van der Waals surface area contributed by atoms with Gasteiger partial charge in [-0.25, -0.2) is 0 Å². The molecular weight excluding hydrogens is 240 g/mol. The number of benzene rings is 1. The van der Waals surface area contributed by atoms with Gasteiger partial charge in [-0.3, -0.25) is 0 Å². The van der Waals surface area contributed by atoms with Crippen LogP contribution in [0.2, 0.25) is 0 Å². The summed E-state index contributed by atoms with van der Waals surface area (Å²) in [5, 5.41) is 10.8. The number of aryl methyl sites for hydroxylation is 1. The predicted molar refractivity (Wildman–Crippen MR) is 60.4 cm³/mol. The molecule has 0 amide bonds. The van der Waals surface area contributed by atoms with E-state index in [1.807, 2.05) is 30.5 Å². The minimum absolute atomic E-state index is 0.717. The van der Waals surface area contributed by atoms with Crippen LogP contribution in [-0.4, -0.2) is 9.90 Å². The normalized spacial score (nSPS) is 10.3. The molecule has 0 saturated heterocycles. The SMILES string of the molecule is N#Cc1ccc2c(ccn2CCBr)c1. The Bertz CT molecular complexity index is 493. The number of alkyl halides is 1. The van der Waals surface area contributed by atoms with E-state index in [0.717, 1.165) is 17.3 Å². The van der Waals surface area contributed by atoms with Crippen molar-refractivity contribution < 1.29 is 0 Å². The lowest BCUT2D eigenvalue weighted by Crippen LogP contribution is -1.95. The van der Waals surface area contributed by atoms with Crippen molar-refractivity contribution in [3.8, 4) is 6.07 Å². The molecule has 3 heteroatoms. The van der Waals surface area contributed by atoms with Crippen molar-refractivity contribution in [1.29, 1.82) is 5.26 Å². The first kappa shape index (κ1) is 9.29. The lowest BCUT2D eigenvalue weighted by atomic mass is 10.2. The summed E-state index contributed by atoms with van der Waals surface area (Å²) in [5.41, 5.74) is 1.90. The Hall–Kier alpha value is -1.27. The van der Waals surface area contributed by atoms with Gasteiger partial charge in [0.2, 0.25) is 0 Å². The van der Waals surface area contributed by atoms with E-state index in [2.05, 4.69) is 26.6 Å². The molecule has 2 nitrogen and oxygen atoms in total. The Labute approximate surface area is 90.9 Å². The molecule has 1 aromatic heterocycles. The van der Waals surface area contributed by atoms with Gasteiger partial charge in [0.1, 0.15) is 0 Å². The summed E-state index contributed by atoms with van der Waals surface area (Å²) >= 11 is 3.41. The number of hydrogen-bond acceptors (Lipinski definition) is 1. The zero-order chi connectivity index (χ0) is 9.97. The topological polar surface area (TPSA) is 28.7 Å². The van der Waals surface area contributed by atoms with Gasteiger partial charge in [0.05, 0.1) is 11.6 Å². The summed E-state index contributed by atoms with van der Waals surface area (Å²) in [6.45, 7) is 0.954. The van der Waals surface area contributed by atoms with Crippen molar-refractivity contribution in [2.24, 2.45) is 0 Å². The molecule has 0 atom stereocenters. The van der Waals surface area contributed by atoms with E-state index in [-0.39, 0.29) is 0 Å². The summed E-state index contributed by atoms with van der Waals surface area (Å²) in [7, 11) is 0. The average molecular weight is 249 g/mol. The number of nitriles is 1. The fourth-order valence-electron chi connectivity index (χ4n) is 1.56. The van der Waals surface area contributed by atoms with Crippen molar-refractivity contribution in [2.75, 3.05) is 5.33 Å². The molecule has 0 bridgehead atoms. The van der Waals surface area contributed by atoms with Gasteiger partial charge in [-0.1, -0.05) is 15.9 Å². The van der Waals surface area contributed by atoms with Gasteiger partial charge in [0, 0.05) is 29.0 Å². The van der Waals surface area contributed by atoms with Crippen LogP contribution >= 0.6 is 15.9 Å². The smallest absolute Gasteiger partial charge is 0.0991 e. The third-order valence-electron chi connectivity index (χ3n) is 2.23. The highest BCUT2D eigenvalue weighted by Crippen LogP contribution is 2.17. The van der Waals surface area contributed by atoms with Gasteiger partial charge in [-0.2, -0.15) is 5.26 Å². The van der Waals surface area contributed by atoms with Crippen molar-refractivity contribution in [1.82, 2.24) is 4.57 Å². The van der Waals surface area contributed by atoms with Gasteiger partial charge >= 0.3 is 0 Å². The van der Waals surface area contributed by atoms with E-state index in [0.29, 0.717) is 5.56 Å². The fraction of sp³-hybridized carbons (Fsp3) is 0.182. The molecule has 0 spiro atoms. The Morgan fingerprint density at radius 1 is 1.36 bits per heavy atom. The summed E-state index contributed by atoms with van der Waals surface area (Å²) in [4.78, 5) is 0. The largest absolute Gasteiger partial charge is 0.347 e. The summed E-state index contributed by atoms with van der Waals surface area (Å²) in [6, 6.07) is 9.95. The van der Waals surface area contributed by atoms with Crippen LogP contribution in [0.25, 0.3) is 10.9 Å². The molecule has 0 aliphatic carbocycles. The maximum atomic E-state index is 8.74. The Morgan fingerprint density at radius 3 is 2.93 bits per heavy atom. The second-order valence-electron chi connectivity index (χ2n) is 3.08. The average Bonchev–Trinajstić information content (AvgIpc) is 2.61. The lowest BCUT2D eigenvalue weighted by molar-refractivity contribution is 0.812. The standard InChI is InChI=1S/C11H9BrN2/c12-4-6-14-5-3-10-7-9(8-13)1-2-11(10)14/h1-3,5,7H,4,6H2. The number of hydrogen-bond donors (Lipinski definition) is 0. The molecule has 70 valence electrons. The molecule has 14 heavy (non-hydrogen) atoms. The number of rotatable bonds is 2. The molecule has 0 saturated carbocycles. The zero-order valence-corrected chi connectivity index (χ0v) is 9.16. The molecule has 0 fully saturated rings. The summed E-state index contributed by atoms with van der Waals surface area (Å²) in [6.07, 6.45) is 2.05. The second kappa shape index (κ2) is 3.85. The Morgan fingerprint density at radius 2 is 2.21 bits per heavy atom. The lowest BCUT2D eigenvalue weighted by Gasteiger charge is -2.01. The first-order chi connectivity index (χ1) is 6.85. The quantitative estimate of drug-likeness (QED) is 0.752. The van der Waals surface area contributed by atoms with Crippen molar-refractivity contribution >= 4 is 26.8 Å². The monoisotopic (exact) mass is 248 g/mol. The number of fused-ring (bicyclic) bond motifs is 1. The molecule has 1 aromatic carbocycles. The summed E-state index contributed by atoms with van der Waals surface area (Å²) < 4.78 is 2.17. The van der Waals surface area contributed by atoms with Crippen molar-refractivity contribution in [3.05, 3.63) is 36.0 Å². The Balaban J connectivity index is 2.55. The number of aromatic nitrogens is 1. The second-order valence-corrected chi connectivity index (χ2v) is 3.88. The first-order valence-electron chi connectivity index (χ1n) is 4.40. The van der Waals surface area contributed by atoms with Gasteiger partial charge in [0.25, 0.3) is 0 Å². The molecule has 0 aliphatic rings. The number of nitrogens with zero attached hydrogens (tertiary/aromatic N) is 2. The van der Waals surface area contributed by atoms with E-state index in [1.165, 1.54) is 5.52 Å². The molecule has 0 aliphatic heterocycles. The van der Waals surface area contributed by atoms with E-state index < -0.39 is 0 Å². The molecule has 2 rings (SSSR count). The van der Waals surface area contributed by atoms with Crippen LogP contribution in [0.15, 0.2) is 30.5 Å². The van der Waals surface area contributed by atoms with Crippen LogP contribution in [0.4, 0.5) is 0 Å². The first-order valence-corrected chi connectivity index (χ1v) is 5.52. The molecule has 0 unspecified atom stereocenters. The molecule has 1 heterocycles. The highest BCUT2D eigenvalue weighted by Gasteiger charge is 2.00. The van der Waals surface area contributed by atoms with Gasteiger partial charge in [-0.15, -0.1) is 0 Å². The minimum Gasteiger partial charge on any atom is -0.347 e. The maximum absolute atomic E-state index is 8.74. The highest BCUT2D eigenvalue weighted by molar-refractivity contribution is 9.09. The van der Waals surface area contributed by atoms with Gasteiger partial charge in [-0.05, 0) is 24.3 Å². The van der Waals surface area contributed by atoms with E-state index in [1.54, 1.807) is 0 Å². The zero-order valence-electron chi connectivity index (χ0n) is 7.57. The molecule has 0 N–H and O–H groups in total. The van der Waals surface area contributed by atoms with E-state index >= 15 is 0 Å². The van der Waals surface area contributed by atoms with E-state index in [4.69, 9.17) is 5.26 Å². The summed E-state index contributed by atoms with van der Waals surface area (Å²) in [5.74, 6) is 0. The van der Waals surface area contributed by atoms with E-state index in [9.17, 15) is 0 Å². The number of halogens is 1. The molecular formula is C11H9BrN2. The predicted octanol–water partition coefficient (Wildman–Crippen LogP) is 2.91. The molecule has 2 aromatic rings. The Kier molecular flexibility index (Phi) is 2.55. The van der Waals surface area contributed by atoms with Crippen molar-refractivity contribution in [3.63, 3.8) is 0 Å². The fourth-order valence-corrected chi connectivity index (χ4v) is 1.94. The van der Waals surface area contributed by atoms with Crippen LogP contribution in [-0.2, 0) is 6.54 Å².